The molecule has 0 bridgehead atoms. The van der Waals surface area contributed by atoms with Crippen LogP contribution >= 0.6 is 0 Å². The van der Waals surface area contributed by atoms with Crippen LogP contribution in [-0.4, -0.2) is 75.2 Å². The molecule has 2 aliphatic heterocycles. The fourth-order valence-electron chi connectivity index (χ4n) is 4.55. The maximum Gasteiger partial charge on any atom is 0.257 e. The standard InChI is InChI=1S/C26H34FN3O3/c1-32-23-10-11-25(27)24(20-23)26(31)30-17-15-29(16-18-30)21-6-8-22(9-7-21)33-19-5-14-28-12-3-2-4-13-28/h6-11,20H,2-5,12-19H2,1H3. The van der Waals surface area contributed by atoms with Crippen molar-refractivity contribution in [3.8, 4) is 11.5 Å². The normalized spacial score (nSPS) is 17.2. The van der Waals surface area contributed by atoms with E-state index in [0.29, 0.717) is 31.9 Å². The van der Waals surface area contributed by atoms with Crippen LogP contribution < -0.4 is 14.4 Å². The third-order valence-corrected chi connectivity index (χ3v) is 6.51. The van der Waals surface area contributed by atoms with Gasteiger partial charge in [0.1, 0.15) is 17.3 Å². The predicted octanol–water partition coefficient (Wildman–Crippen LogP) is 4.05. The molecule has 2 fully saturated rings. The minimum atomic E-state index is -0.519. The third kappa shape index (κ3) is 6.16. The highest BCUT2D eigenvalue weighted by molar-refractivity contribution is 5.95. The molecule has 0 saturated carbocycles. The quantitative estimate of drug-likeness (QED) is 0.562. The van der Waals surface area contributed by atoms with Crippen LogP contribution in [0, 0.1) is 5.82 Å². The van der Waals surface area contributed by atoms with Crippen LogP contribution in [0.2, 0.25) is 0 Å². The summed E-state index contributed by atoms with van der Waals surface area (Å²) in [5, 5.41) is 0. The first-order valence-electron chi connectivity index (χ1n) is 12.0. The Hall–Kier alpha value is -2.80. The number of rotatable bonds is 8. The lowest BCUT2D eigenvalue weighted by atomic mass is 10.1. The molecular formula is C26H34FN3O3. The number of ether oxygens (including phenoxy) is 2. The largest absolute Gasteiger partial charge is 0.497 e. The Kier molecular flexibility index (Phi) is 8.05. The van der Waals surface area contributed by atoms with E-state index in [-0.39, 0.29) is 11.5 Å². The summed E-state index contributed by atoms with van der Waals surface area (Å²) in [5.74, 6) is 0.556. The van der Waals surface area contributed by atoms with Gasteiger partial charge in [-0.05, 0) is 74.8 Å². The molecule has 0 unspecified atom stereocenters. The molecule has 4 rings (SSSR count). The summed E-state index contributed by atoms with van der Waals surface area (Å²) in [6.07, 6.45) is 5.06. The van der Waals surface area contributed by atoms with Crippen molar-refractivity contribution in [3.05, 3.63) is 53.8 Å². The van der Waals surface area contributed by atoms with E-state index in [4.69, 9.17) is 9.47 Å². The van der Waals surface area contributed by atoms with Gasteiger partial charge in [0.25, 0.3) is 5.91 Å². The summed E-state index contributed by atoms with van der Waals surface area (Å²) in [6, 6.07) is 12.4. The molecule has 0 radical (unpaired) electrons. The topological polar surface area (TPSA) is 45.3 Å². The molecule has 2 aromatic rings. The van der Waals surface area contributed by atoms with E-state index >= 15 is 0 Å². The predicted molar refractivity (Wildman–Crippen MR) is 128 cm³/mol. The summed E-state index contributed by atoms with van der Waals surface area (Å²) >= 11 is 0. The lowest BCUT2D eigenvalue weighted by molar-refractivity contribution is 0.0741. The molecule has 0 spiro atoms. The first kappa shape index (κ1) is 23.4. The van der Waals surface area contributed by atoms with Crippen LogP contribution in [0.1, 0.15) is 36.0 Å². The monoisotopic (exact) mass is 455 g/mol. The van der Waals surface area contributed by atoms with Gasteiger partial charge in [-0.1, -0.05) is 6.42 Å². The van der Waals surface area contributed by atoms with Crippen LogP contribution in [0.5, 0.6) is 11.5 Å². The van der Waals surface area contributed by atoms with Gasteiger partial charge in [-0.2, -0.15) is 0 Å². The van der Waals surface area contributed by atoms with Gasteiger partial charge in [0, 0.05) is 38.4 Å². The van der Waals surface area contributed by atoms with Crippen LogP contribution in [-0.2, 0) is 0 Å². The maximum absolute atomic E-state index is 14.2. The van der Waals surface area contributed by atoms with Crippen molar-refractivity contribution in [2.75, 3.05) is 64.4 Å². The van der Waals surface area contributed by atoms with Gasteiger partial charge in [-0.25, -0.2) is 4.39 Å². The van der Waals surface area contributed by atoms with E-state index in [1.54, 1.807) is 4.90 Å². The number of nitrogens with zero attached hydrogens (tertiary/aromatic N) is 3. The van der Waals surface area contributed by atoms with Crippen molar-refractivity contribution < 1.29 is 18.7 Å². The number of carbonyl (C=O) groups is 1. The Balaban J connectivity index is 1.23. The van der Waals surface area contributed by atoms with Crippen LogP contribution in [0.15, 0.2) is 42.5 Å². The molecule has 0 aromatic heterocycles. The van der Waals surface area contributed by atoms with Crippen molar-refractivity contribution >= 4 is 11.6 Å². The van der Waals surface area contributed by atoms with Crippen molar-refractivity contribution in [2.24, 2.45) is 0 Å². The summed E-state index contributed by atoms with van der Waals surface area (Å²) in [5.41, 5.74) is 1.17. The molecular weight excluding hydrogens is 421 g/mol. The van der Waals surface area contributed by atoms with E-state index in [1.807, 2.05) is 12.1 Å². The van der Waals surface area contributed by atoms with E-state index in [9.17, 15) is 9.18 Å². The number of likely N-dealkylation sites (tertiary alicyclic amines) is 1. The van der Waals surface area contributed by atoms with E-state index in [0.717, 1.165) is 31.0 Å². The number of benzene rings is 2. The Bertz CT molecular complexity index is 907. The molecule has 0 atom stereocenters. The number of anilines is 1. The molecule has 6 nitrogen and oxygen atoms in total. The van der Waals surface area contributed by atoms with Gasteiger partial charge in [-0.3, -0.25) is 4.79 Å². The molecule has 0 N–H and O–H groups in total. The van der Waals surface area contributed by atoms with Gasteiger partial charge in [0.05, 0.1) is 19.3 Å². The van der Waals surface area contributed by atoms with Gasteiger partial charge < -0.3 is 24.2 Å². The Labute approximate surface area is 195 Å². The molecule has 2 saturated heterocycles. The Morgan fingerprint density at radius 3 is 2.30 bits per heavy atom. The minimum absolute atomic E-state index is 0.0598. The molecule has 0 aliphatic carbocycles. The highest BCUT2D eigenvalue weighted by Crippen LogP contribution is 2.23. The first-order chi connectivity index (χ1) is 16.1. The third-order valence-electron chi connectivity index (χ3n) is 6.51. The second kappa shape index (κ2) is 11.4. The van der Waals surface area contributed by atoms with Gasteiger partial charge in [0.15, 0.2) is 0 Å². The van der Waals surface area contributed by atoms with Crippen LogP contribution in [0.4, 0.5) is 10.1 Å². The fraction of sp³-hybridized carbons (Fsp3) is 0.500. The molecule has 7 heteroatoms. The maximum atomic E-state index is 14.2. The van der Waals surface area contributed by atoms with E-state index in [1.165, 1.54) is 57.7 Å². The van der Waals surface area contributed by atoms with Crippen molar-refractivity contribution in [1.82, 2.24) is 9.80 Å². The summed E-state index contributed by atoms with van der Waals surface area (Å²) in [7, 11) is 1.51. The molecule has 2 aliphatic rings. The second-order valence-electron chi connectivity index (χ2n) is 8.72. The number of carbonyl (C=O) groups excluding carboxylic acids is 1. The molecule has 1 amide bonds. The number of piperidine rings is 1. The second-order valence-corrected chi connectivity index (χ2v) is 8.72. The first-order valence-corrected chi connectivity index (χ1v) is 12.0. The zero-order valence-electron chi connectivity index (χ0n) is 19.5. The smallest absolute Gasteiger partial charge is 0.257 e. The summed E-state index contributed by atoms with van der Waals surface area (Å²) in [6.45, 7) is 6.79. The van der Waals surface area contributed by atoms with E-state index in [2.05, 4.69) is 21.9 Å². The molecule has 2 heterocycles. The molecule has 178 valence electrons. The minimum Gasteiger partial charge on any atom is -0.497 e. The number of hydrogen-bond donors (Lipinski definition) is 0. The van der Waals surface area contributed by atoms with Gasteiger partial charge >= 0.3 is 0 Å². The fourth-order valence-corrected chi connectivity index (χ4v) is 4.55. The zero-order valence-corrected chi connectivity index (χ0v) is 19.5. The van der Waals surface area contributed by atoms with Crippen LogP contribution in [0.25, 0.3) is 0 Å². The molecule has 33 heavy (non-hydrogen) atoms. The number of amides is 1. The number of hydrogen-bond acceptors (Lipinski definition) is 5. The highest BCUT2D eigenvalue weighted by Gasteiger charge is 2.24. The van der Waals surface area contributed by atoms with Crippen molar-refractivity contribution in [2.45, 2.75) is 25.7 Å². The lowest BCUT2D eigenvalue weighted by Crippen LogP contribution is -2.49. The van der Waals surface area contributed by atoms with E-state index < -0.39 is 5.82 Å². The lowest BCUT2D eigenvalue weighted by Gasteiger charge is -2.36. The zero-order chi connectivity index (χ0) is 23.0. The SMILES string of the molecule is COc1ccc(F)c(C(=O)N2CCN(c3ccc(OCCCN4CCCCC4)cc3)CC2)c1. The summed E-state index contributed by atoms with van der Waals surface area (Å²) in [4.78, 5) is 19.3. The van der Waals surface area contributed by atoms with Crippen molar-refractivity contribution in [1.29, 1.82) is 0 Å². The van der Waals surface area contributed by atoms with Crippen LogP contribution in [0.3, 0.4) is 0 Å². The summed E-state index contributed by atoms with van der Waals surface area (Å²) < 4.78 is 25.2. The average Bonchev–Trinajstić information content (AvgIpc) is 2.88. The molecule has 2 aromatic carbocycles. The Morgan fingerprint density at radius 2 is 1.61 bits per heavy atom. The number of methoxy groups -OCH3 is 1. The number of halogens is 1. The van der Waals surface area contributed by atoms with Crippen molar-refractivity contribution in [3.63, 3.8) is 0 Å². The van der Waals surface area contributed by atoms with Gasteiger partial charge in [-0.15, -0.1) is 0 Å². The highest BCUT2D eigenvalue weighted by atomic mass is 19.1. The average molecular weight is 456 g/mol. The van der Waals surface area contributed by atoms with Gasteiger partial charge in [0.2, 0.25) is 0 Å². The Morgan fingerprint density at radius 1 is 0.909 bits per heavy atom. The number of piperazine rings is 1.